The Hall–Kier alpha value is -10.7. The molecule has 3 amide bonds. The number of non-ortho nitro benzene ring substituents is 6. The van der Waals surface area contributed by atoms with Gasteiger partial charge in [0.2, 0.25) is 17.7 Å². The van der Waals surface area contributed by atoms with Crippen LogP contribution in [0.3, 0.4) is 0 Å². The number of ether oxygens (including phenoxy) is 24. The first kappa shape index (κ1) is 131. The Balaban J connectivity index is 1.22. The minimum absolute atomic E-state index is 0.0213. The quantitative estimate of drug-likeness (QED) is 0.0128. The van der Waals surface area contributed by atoms with E-state index < -0.39 is 117 Å². The van der Waals surface area contributed by atoms with Crippen LogP contribution in [0.5, 0.6) is 0 Å². The van der Waals surface area contributed by atoms with Crippen molar-refractivity contribution in [1.29, 1.82) is 0 Å². The number of rotatable bonds is 105. The van der Waals surface area contributed by atoms with Gasteiger partial charge in [-0.1, -0.05) is 0 Å². The summed E-state index contributed by atoms with van der Waals surface area (Å²) in [5, 5.41) is 84.8. The van der Waals surface area contributed by atoms with Gasteiger partial charge in [0.15, 0.2) is 0 Å². The molecule has 3 atom stereocenters. The Bertz CT molecular complexity index is 3600. The van der Waals surface area contributed by atoms with Crippen LogP contribution in [0.15, 0.2) is 54.6 Å². The second-order valence-electron chi connectivity index (χ2n) is 31.3. The average molecular weight is 2130 g/mol. The summed E-state index contributed by atoms with van der Waals surface area (Å²) in [6.07, 6.45) is 4.17. The number of nitrogens with two attached hydrogens (primary N) is 3. The molecule has 0 aliphatic carbocycles. The summed E-state index contributed by atoms with van der Waals surface area (Å²) in [5.74, 6) is -3.36. The Morgan fingerprint density at radius 3 is 0.527 bits per heavy atom. The third kappa shape index (κ3) is 71.8. The molecule has 0 heterocycles. The van der Waals surface area contributed by atoms with Gasteiger partial charge in [0.25, 0.3) is 34.1 Å². The van der Waals surface area contributed by atoms with Gasteiger partial charge >= 0.3 is 17.9 Å². The van der Waals surface area contributed by atoms with Gasteiger partial charge in [-0.3, -0.25) is 80.0 Å². The number of anilines is 3. The van der Waals surface area contributed by atoms with E-state index in [0.717, 1.165) is 54.6 Å². The fraction of sp³-hybridized carbons (Fsp3) is 0.733. The number of nitro groups is 6. The highest BCUT2D eigenvalue weighted by atomic mass is 16.7. The number of carbonyl (C=O) groups is 6. The number of hydrogen-bond donors (Lipinski definition) is 9. The molecule has 0 aromatic heterocycles. The third-order valence-corrected chi connectivity index (χ3v) is 19.6. The Morgan fingerprint density at radius 1 is 0.230 bits per heavy atom. The zero-order chi connectivity index (χ0) is 108. The fourth-order valence-electron chi connectivity index (χ4n) is 12.4. The fourth-order valence-corrected chi connectivity index (χ4v) is 12.4. The summed E-state index contributed by atoms with van der Waals surface area (Å²) < 4.78 is 132. The molecule has 0 saturated heterocycles. The van der Waals surface area contributed by atoms with Crippen LogP contribution in [0.4, 0.5) is 51.2 Å². The van der Waals surface area contributed by atoms with E-state index in [4.69, 9.17) is 131 Å². The van der Waals surface area contributed by atoms with Crippen molar-refractivity contribution in [1.82, 2.24) is 20.9 Å². The standard InChI is InChI=1S/C90H150N16O42/c91-10-4-1-7-82(97-73-61-76(101(113)114)67-77(62-73)102(115)116)88(110)146-58-55-143-52-49-140-46-43-137-40-37-134-34-31-131-28-25-128-22-19-125-16-13-94-85(107)70-100(71-86(108)95-14-17-126-20-23-129-26-29-132-32-35-135-38-41-138-44-47-141-50-53-144-56-59-147-89(111)83(8-2-5-11-92)98-74-63-78(103(117)118)68-79(64-74)104(119)120)72-87(109)96-15-18-127-21-24-130-27-30-133-33-36-136-39-42-139-45-48-142-51-54-145-57-60-148-90(112)84(9-3-6-12-93)99-75-65-80(105(121)122)69-81(66-75)106(123)124/h61-69,82-84,97-99H,1-60,70-72,91-93H2,(H,94,107)(H,95,108)(H,96,109)/t82-,83-,84+/m0/s1. The summed E-state index contributed by atoms with van der Waals surface area (Å²) >= 11 is 0. The molecule has 0 radical (unpaired) electrons. The molecule has 58 heteroatoms. The van der Waals surface area contributed by atoms with E-state index in [9.17, 15) is 89.5 Å². The summed E-state index contributed by atoms with van der Waals surface area (Å²) in [7, 11) is 0. The molecule has 148 heavy (non-hydrogen) atoms. The minimum Gasteiger partial charge on any atom is -0.462 e. The van der Waals surface area contributed by atoms with Crippen molar-refractivity contribution in [2.45, 2.75) is 75.9 Å². The molecular formula is C90H150N16O42. The van der Waals surface area contributed by atoms with E-state index in [1.54, 1.807) is 0 Å². The van der Waals surface area contributed by atoms with Crippen LogP contribution in [-0.4, -0.2) is 444 Å². The predicted molar refractivity (Wildman–Crippen MR) is 526 cm³/mol. The summed E-state index contributed by atoms with van der Waals surface area (Å²) in [4.78, 5) is 143. The topological polar surface area (TPSA) is 736 Å². The van der Waals surface area contributed by atoms with Crippen LogP contribution in [0, 0.1) is 60.7 Å². The molecule has 0 aliphatic heterocycles. The van der Waals surface area contributed by atoms with Crippen molar-refractivity contribution in [3.8, 4) is 0 Å². The lowest BCUT2D eigenvalue weighted by Gasteiger charge is -2.21. The maximum atomic E-state index is 13.1. The van der Waals surface area contributed by atoms with Crippen LogP contribution in [0.2, 0.25) is 0 Å². The molecule has 3 rings (SSSR count). The molecule has 3 aromatic rings. The zero-order valence-electron chi connectivity index (χ0n) is 84.0. The number of carbonyl (C=O) groups excluding carboxylic acids is 6. The number of unbranched alkanes of at least 4 members (excludes halogenated alkanes) is 3. The molecule has 12 N–H and O–H groups in total. The highest BCUT2D eigenvalue weighted by Crippen LogP contribution is 2.30. The van der Waals surface area contributed by atoms with E-state index in [1.165, 1.54) is 4.90 Å². The van der Waals surface area contributed by atoms with E-state index in [-0.39, 0.29) is 214 Å². The first-order valence-corrected chi connectivity index (χ1v) is 48.8. The maximum absolute atomic E-state index is 13.1. The Labute approximate surface area is 857 Å². The molecule has 0 aliphatic rings. The summed E-state index contributed by atoms with van der Waals surface area (Å²) in [6, 6.07) is 6.24. The molecular weight excluding hydrogens is 1980 g/mol. The van der Waals surface area contributed by atoms with Crippen molar-refractivity contribution in [3.05, 3.63) is 115 Å². The number of nitrogens with one attached hydrogen (secondary N) is 6. The maximum Gasteiger partial charge on any atom is 0.328 e. The monoisotopic (exact) mass is 2130 g/mol. The molecule has 0 unspecified atom stereocenters. The van der Waals surface area contributed by atoms with Crippen molar-refractivity contribution in [2.75, 3.05) is 372 Å². The number of nitrogens with zero attached hydrogens (tertiary/aromatic N) is 7. The Morgan fingerprint density at radius 2 is 0.378 bits per heavy atom. The zero-order valence-corrected chi connectivity index (χ0v) is 84.0. The average Bonchev–Trinajstić information content (AvgIpc) is 0.844. The largest absolute Gasteiger partial charge is 0.462 e. The highest BCUT2D eigenvalue weighted by Gasteiger charge is 2.29. The van der Waals surface area contributed by atoms with Crippen molar-refractivity contribution in [3.63, 3.8) is 0 Å². The molecule has 0 saturated carbocycles. The van der Waals surface area contributed by atoms with Crippen molar-refractivity contribution < 1.29 is 172 Å². The van der Waals surface area contributed by atoms with Crippen LogP contribution < -0.4 is 49.1 Å². The van der Waals surface area contributed by atoms with Gasteiger partial charge < -0.3 is 163 Å². The number of esters is 3. The molecule has 3 aromatic carbocycles. The van der Waals surface area contributed by atoms with Gasteiger partial charge in [-0.25, -0.2) is 14.4 Å². The predicted octanol–water partition coefficient (Wildman–Crippen LogP) is 1.89. The van der Waals surface area contributed by atoms with Gasteiger partial charge in [0.1, 0.15) is 37.9 Å². The van der Waals surface area contributed by atoms with Gasteiger partial charge in [-0.2, -0.15) is 0 Å². The number of amides is 3. The summed E-state index contributed by atoms with van der Waals surface area (Å²) in [5.41, 5.74) is 13.8. The molecule has 0 bridgehead atoms. The first-order valence-electron chi connectivity index (χ1n) is 48.8. The minimum atomic E-state index is -0.949. The Kier molecular flexibility index (Phi) is 80.1. The van der Waals surface area contributed by atoms with Crippen LogP contribution >= 0.6 is 0 Å². The van der Waals surface area contributed by atoms with Crippen LogP contribution in [-0.2, 0) is 142 Å². The van der Waals surface area contributed by atoms with Crippen LogP contribution in [0.25, 0.3) is 0 Å². The van der Waals surface area contributed by atoms with Crippen molar-refractivity contribution >= 4 is 86.8 Å². The van der Waals surface area contributed by atoms with E-state index in [2.05, 4.69) is 31.9 Å². The smallest absolute Gasteiger partial charge is 0.328 e. The second-order valence-corrected chi connectivity index (χ2v) is 31.3. The lowest BCUT2D eigenvalue weighted by Crippen LogP contribution is -2.48. The van der Waals surface area contributed by atoms with Crippen molar-refractivity contribution in [2.24, 2.45) is 17.2 Å². The number of hydrogen-bond acceptors (Lipinski definition) is 49. The number of nitro benzene ring substituents is 6. The third-order valence-electron chi connectivity index (χ3n) is 19.6. The van der Waals surface area contributed by atoms with Gasteiger partial charge in [0.05, 0.1) is 345 Å². The number of benzene rings is 3. The SMILES string of the molecule is NCCCC[C@H](Nc1cc([N+](=O)[O-])cc([N+](=O)[O-])c1)C(=O)OCCOCCOCCOCCOCCOCCOCCOCCNC(=O)CN(CC(=O)NCCOCCOCCOCCOCCOCCOCCOCCOC(=O)[C@H](CCCCN)Nc1cc([N+](=O)[O-])cc([N+](=O)[O-])c1)CC(=O)NCCOCCOCCOCCOCCOCCOCCOCCOC(=O)[C@@H](CCCCN)Nc1cc([N+](=O)[O-])cc([N+](=O)[O-])c1. The lowest BCUT2D eigenvalue weighted by molar-refractivity contribution is -0.394. The van der Waals surface area contributed by atoms with E-state index in [1.807, 2.05) is 0 Å². The van der Waals surface area contributed by atoms with Gasteiger partial charge in [-0.05, 0) is 77.4 Å². The second kappa shape index (κ2) is 90.2. The van der Waals surface area contributed by atoms with Crippen LogP contribution in [0.1, 0.15) is 57.8 Å². The molecule has 0 spiro atoms. The van der Waals surface area contributed by atoms with E-state index in [0.29, 0.717) is 217 Å². The molecule has 0 fully saturated rings. The van der Waals surface area contributed by atoms with E-state index >= 15 is 0 Å². The molecule has 842 valence electrons. The lowest BCUT2D eigenvalue weighted by atomic mass is 10.1. The molecule has 58 nitrogen and oxygen atoms in total. The van der Waals surface area contributed by atoms with Gasteiger partial charge in [-0.15, -0.1) is 0 Å². The summed E-state index contributed by atoms with van der Waals surface area (Å²) in [6.45, 7) is 11.5. The normalized spacial score (nSPS) is 11.9. The first-order chi connectivity index (χ1) is 71.9. The van der Waals surface area contributed by atoms with Gasteiger partial charge in [0, 0.05) is 73.1 Å². The highest BCUT2D eigenvalue weighted by molar-refractivity contribution is 5.84.